The molecule has 56 heavy (non-hydrogen) atoms. The van der Waals surface area contributed by atoms with Gasteiger partial charge in [0.2, 0.25) is 0 Å². The van der Waals surface area contributed by atoms with Crippen molar-refractivity contribution in [3.8, 4) is 33.5 Å². The van der Waals surface area contributed by atoms with Crippen LogP contribution in [0.25, 0.3) is 53.7 Å². The summed E-state index contributed by atoms with van der Waals surface area (Å²) in [5.74, 6) is 0. The third kappa shape index (κ3) is 11.3. The van der Waals surface area contributed by atoms with Crippen LogP contribution in [0.1, 0.15) is 27.1 Å². The first kappa shape index (κ1) is 40.6. The summed E-state index contributed by atoms with van der Waals surface area (Å²) in [6, 6.07) is 39.7. The molecule has 0 aliphatic heterocycles. The van der Waals surface area contributed by atoms with Crippen LogP contribution in [-0.2, 0) is 0 Å². The number of fused-ring (bicyclic) bond motifs is 2. The fraction of sp³-hybridized carbons (Fsp3) is 0.102. The maximum Gasteiger partial charge on any atom is 0.0712 e. The minimum Gasteiger partial charge on any atom is -0.264 e. The normalized spacial score (nSPS) is 10.2. The molecule has 10 aromatic rings. The van der Waals surface area contributed by atoms with E-state index >= 15 is 0 Å². The van der Waals surface area contributed by atoms with Gasteiger partial charge in [-0.3, -0.25) is 9.97 Å². The molecule has 0 amide bonds. The summed E-state index contributed by atoms with van der Waals surface area (Å²) in [5, 5.41) is 17.9. The third-order valence-corrected chi connectivity index (χ3v) is 13.5. The van der Waals surface area contributed by atoms with Crippen molar-refractivity contribution in [2.45, 2.75) is 34.6 Å². The van der Waals surface area contributed by atoms with Crippen LogP contribution in [0.15, 0.2) is 172 Å². The number of pyridine rings is 2. The van der Waals surface area contributed by atoms with E-state index in [0.717, 1.165) is 5.69 Å². The predicted molar refractivity (Wildman–Crippen MR) is 252 cm³/mol. The molecule has 0 N–H and O–H groups in total. The summed E-state index contributed by atoms with van der Waals surface area (Å²) in [6.45, 7) is 10.7. The predicted octanol–water partition coefficient (Wildman–Crippen LogP) is 16.4. The summed E-state index contributed by atoms with van der Waals surface area (Å²) < 4.78 is 2.78. The van der Waals surface area contributed by atoms with Crippen LogP contribution in [0.3, 0.4) is 0 Å². The lowest BCUT2D eigenvalue weighted by Gasteiger charge is -1.97. The third-order valence-electron chi connectivity index (χ3n) is 8.79. The molecule has 0 radical (unpaired) electrons. The molecule has 0 spiro atoms. The van der Waals surface area contributed by atoms with E-state index in [-0.39, 0.29) is 0 Å². The zero-order chi connectivity index (χ0) is 39.1. The van der Waals surface area contributed by atoms with E-state index in [1.54, 1.807) is 40.2 Å². The molecule has 0 aliphatic carbocycles. The van der Waals surface area contributed by atoms with Crippen LogP contribution in [0, 0.1) is 34.6 Å². The standard InChI is InChI=1S/C11H10S.2C10H9NS.2C9H8S/c1-9-7-12-8-11(9)10-5-3-2-4-6-10;1-8-6-12-7-10(8)9-3-2-4-11-5-9;1-8-6-12-7-9(8)10-4-2-3-5-11-10;1-7-6-10-9-5-3-2-4-8(7)9;1-7-6-8-4-2-3-5-9(8)10-7/h2-8H,1H3;2*2-7H,1H3;2*2-6H,1H3. The average Bonchev–Trinajstić information content (AvgIpc) is 4.10. The SMILES string of the molecule is Cc1cc2ccccc2s1.Cc1csc2ccccc12.Cc1cscc1-c1ccccc1.Cc1cscc1-c1ccccn1.Cc1cscc1-c1cccnc1. The molecule has 0 fully saturated rings. The number of thiophene rings is 5. The lowest BCUT2D eigenvalue weighted by molar-refractivity contribution is 1.32. The van der Waals surface area contributed by atoms with Gasteiger partial charge in [0, 0.05) is 49.4 Å². The van der Waals surface area contributed by atoms with E-state index in [0.29, 0.717) is 0 Å². The van der Waals surface area contributed by atoms with Crippen molar-refractivity contribution in [3.05, 3.63) is 199 Å². The number of hydrogen-bond acceptors (Lipinski definition) is 7. The highest BCUT2D eigenvalue weighted by Crippen LogP contribution is 2.28. The Balaban J connectivity index is 0.000000119. The summed E-state index contributed by atoms with van der Waals surface area (Å²) in [7, 11) is 0. The summed E-state index contributed by atoms with van der Waals surface area (Å²) >= 11 is 8.88. The number of aromatic nitrogens is 2. The number of hydrogen-bond donors (Lipinski definition) is 0. The second kappa shape index (κ2) is 20.8. The summed E-state index contributed by atoms with van der Waals surface area (Å²) in [6.07, 6.45) is 5.52. The molecular formula is C49H44N2S5. The van der Waals surface area contributed by atoms with Gasteiger partial charge >= 0.3 is 0 Å². The molecule has 7 aromatic heterocycles. The van der Waals surface area contributed by atoms with E-state index in [1.807, 2.05) is 65.4 Å². The lowest BCUT2D eigenvalue weighted by Crippen LogP contribution is -1.80. The highest BCUT2D eigenvalue weighted by atomic mass is 32.1. The molecule has 0 saturated carbocycles. The highest BCUT2D eigenvalue weighted by Gasteiger charge is 2.03. The Morgan fingerprint density at radius 3 is 1.62 bits per heavy atom. The smallest absolute Gasteiger partial charge is 0.0712 e. The Morgan fingerprint density at radius 2 is 1.04 bits per heavy atom. The van der Waals surface area contributed by atoms with Gasteiger partial charge in [0.25, 0.3) is 0 Å². The maximum absolute atomic E-state index is 4.29. The number of rotatable bonds is 3. The second-order valence-electron chi connectivity index (χ2n) is 13.0. The minimum absolute atomic E-state index is 1.07. The molecule has 0 aliphatic rings. The van der Waals surface area contributed by atoms with Crippen molar-refractivity contribution in [1.29, 1.82) is 0 Å². The first-order chi connectivity index (χ1) is 27.4. The summed E-state index contributed by atoms with van der Waals surface area (Å²) in [5.41, 5.74) is 12.9. The lowest BCUT2D eigenvalue weighted by atomic mass is 10.1. The van der Waals surface area contributed by atoms with Gasteiger partial charge in [0.1, 0.15) is 0 Å². The molecule has 0 bridgehead atoms. The molecule has 10 rings (SSSR count). The average molecular weight is 821 g/mol. The molecular weight excluding hydrogens is 777 g/mol. The van der Waals surface area contributed by atoms with Gasteiger partial charge in [-0.1, -0.05) is 78.9 Å². The van der Waals surface area contributed by atoms with Crippen molar-refractivity contribution >= 4 is 76.9 Å². The number of benzene rings is 3. The monoisotopic (exact) mass is 820 g/mol. The number of nitrogens with zero attached hydrogens (tertiary/aromatic N) is 2. The van der Waals surface area contributed by atoms with E-state index in [4.69, 9.17) is 0 Å². The zero-order valence-electron chi connectivity index (χ0n) is 32.2. The van der Waals surface area contributed by atoms with Crippen molar-refractivity contribution in [3.63, 3.8) is 0 Å². The Morgan fingerprint density at radius 1 is 0.446 bits per heavy atom. The zero-order valence-corrected chi connectivity index (χ0v) is 36.3. The van der Waals surface area contributed by atoms with Gasteiger partial charge in [-0.2, -0.15) is 34.0 Å². The van der Waals surface area contributed by atoms with Crippen molar-refractivity contribution in [1.82, 2.24) is 9.97 Å². The van der Waals surface area contributed by atoms with Crippen molar-refractivity contribution in [2.75, 3.05) is 0 Å². The Hall–Kier alpha value is -5.02. The second-order valence-corrected chi connectivity index (χ2v) is 17.5. The van der Waals surface area contributed by atoms with Crippen LogP contribution in [0.5, 0.6) is 0 Å². The molecule has 3 aromatic carbocycles. The van der Waals surface area contributed by atoms with Gasteiger partial charge in [-0.05, 0) is 153 Å². The van der Waals surface area contributed by atoms with Gasteiger partial charge < -0.3 is 0 Å². The molecule has 0 saturated heterocycles. The van der Waals surface area contributed by atoms with E-state index in [2.05, 4.69) is 167 Å². The first-order valence-corrected chi connectivity index (χ1v) is 22.7. The summed E-state index contributed by atoms with van der Waals surface area (Å²) in [4.78, 5) is 9.77. The largest absolute Gasteiger partial charge is 0.264 e. The quantitative estimate of drug-likeness (QED) is 0.177. The van der Waals surface area contributed by atoms with Crippen molar-refractivity contribution < 1.29 is 0 Å². The Labute approximate surface area is 351 Å². The van der Waals surface area contributed by atoms with Crippen molar-refractivity contribution in [2.24, 2.45) is 0 Å². The van der Waals surface area contributed by atoms with Gasteiger partial charge in [-0.25, -0.2) is 0 Å². The van der Waals surface area contributed by atoms with E-state index in [9.17, 15) is 0 Å². The highest BCUT2D eigenvalue weighted by molar-refractivity contribution is 7.19. The fourth-order valence-electron chi connectivity index (χ4n) is 5.82. The Kier molecular flexibility index (Phi) is 15.1. The van der Waals surface area contributed by atoms with E-state index in [1.165, 1.54) is 75.1 Å². The first-order valence-electron chi connectivity index (χ1n) is 18.2. The Bertz CT molecular complexity index is 2420. The van der Waals surface area contributed by atoms with E-state index < -0.39 is 0 Å². The molecule has 0 unspecified atom stereocenters. The van der Waals surface area contributed by atoms with Crippen LogP contribution in [0.4, 0.5) is 0 Å². The molecule has 280 valence electrons. The molecule has 7 heterocycles. The van der Waals surface area contributed by atoms with Crippen LogP contribution in [0.2, 0.25) is 0 Å². The molecule has 7 heteroatoms. The van der Waals surface area contributed by atoms with Crippen LogP contribution in [-0.4, -0.2) is 9.97 Å². The van der Waals surface area contributed by atoms with Crippen LogP contribution >= 0.6 is 56.7 Å². The minimum atomic E-state index is 1.07. The molecule has 0 atom stereocenters. The van der Waals surface area contributed by atoms with Crippen LogP contribution < -0.4 is 0 Å². The fourth-order valence-corrected chi connectivity index (χ4v) is 10.2. The maximum atomic E-state index is 4.29. The van der Waals surface area contributed by atoms with Gasteiger partial charge in [0.05, 0.1) is 5.69 Å². The number of aryl methyl sites for hydroxylation is 5. The topological polar surface area (TPSA) is 25.8 Å². The van der Waals surface area contributed by atoms with Gasteiger partial charge in [-0.15, -0.1) is 22.7 Å². The van der Waals surface area contributed by atoms with Gasteiger partial charge in [0.15, 0.2) is 0 Å². The molecule has 2 nitrogen and oxygen atoms in total.